The van der Waals surface area contributed by atoms with Crippen LogP contribution in [0.3, 0.4) is 0 Å². The number of nitro benzene ring substituents is 2. The highest BCUT2D eigenvalue weighted by molar-refractivity contribution is 5.93. The van der Waals surface area contributed by atoms with Crippen molar-refractivity contribution in [2.75, 3.05) is 7.11 Å². The van der Waals surface area contributed by atoms with Gasteiger partial charge in [0.1, 0.15) is 5.69 Å². The first-order valence-electron chi connectivity index (χ1n) is 8.92. The van der Waals surface area contributed by atoms with Crippen molar-refractivity contribution >= 4 is 23.5 Å². The molecular formula is C20H15N5O7. The van der Waals surface area contributed by atoms with Gasteiger partial charge in [-0.3, -0.25) is 30.0 Å². The summed E-state index contributed by atoms with van der Waals surface area (Å²) in [5, 5.41) is 26.0. The summed E-state index contributed by atoms with van der Waals surface area (Å²) in [7, 11) is 1.37. The van der Waals surface area contributed by atoms with Gasteiger partial charge in [-0.2, -0.15) is 5.10 Å². The minimum absolute atomic E-state index is 0.138. The van der Waals surface area contributed by atoms with E-state index in [1.54, 1.807) is 18.2 Å². The summed E-state index contributed by atoms with van der Waals surface area (Å²) in [6.07, 6.45) is 2.85. The second-order valence-corrected chi connectivity index (χ2v) is 6.09. The van der Waals surface area contributed by atoms with E-state index in [0.29, 0.717) is 5.56 Å². The lowest BCUT2D eigenvalue weighted by atomic mass is 10.2. The van der Waals surface area contributed by atoms with E-state index in [2.05, 4.69) is 15.5 Å². The quantitative estimate of drug-likeness (QED) is 0.318. The zero-order valence-electron chi connectivity index (χ0n) is 16.5. The minimum Gasteiger partial charge on any atom is -0.493 e. The summed E-state index contributed by atoms with van der Waals surface area (Å²) in [6.45, 7) is 0. The van der Waals surface area contributed by atoms with Crippen LogP contribution in [0.2, 0.25) is 0 Å². The highest BCUT2D eigenvalue weighted by Gasteiger charge is 2.22. The van der Waals surface area contributed by atoms with Crippen molar-refractivity contribution in [1.29, 1.82) is 0 Å². The van der Waals surface area contributed by atoms with Gasteiger partial charge in [0.05, 0.1) is 29.2 Å². The number of methoxy groups -OCH3 is 1. The standard InChI is InChI=1S/C20H15N5O7/c1-31-19-10-13(12-22-23-20(26)15-4-2-3-9-21-15)5-7-18(19)32-17-8-6-14(24(27)28)11-16(17)25(29)30/h2-12H,1H3,(H,23,26)/b22-12-. The Morgan fingerprint density at radius 2 is 1.81 bits per heavy atom. The zero-order valence-corrected chi connectivity index (χ0v) is 16.5. The van der Waals surface area contributed by atoms with Gasteiger partial charge < -0.3 is 9.47 Å². The van der Waals surface area contributed by atoms with Crippen molar-refractivity contribution in [3.05, 3.63) is 92.3 Å². The van der Waals surface area contributed by atoms with Crippen LogP contribution in [-0.4, -0.2) is 34.1 Å². The van der Waals surface area contributed by atoms with Gasteiger partial charge in [0.2, 0.25) is 5.75 Å². The molecule has 1 aromatic heterocycles. The number of carbonyl (C=O) groups excluding carboxylic acids is 1. The molecule has 12 nitrogen and oxygen atoms in total. The van der Waals surface area contributed by atoms with E-state index in [4.69, 9.17) is 9.47 Å². The largest absolute Gasteiger partial charge is 0.493 e. The van der Waals surface area contributed by atoms with Crippen molar-refractivity contribution in [3.63, 3.8) is 0 Å². The molecule has 0 aliphatic heterocycles. The van der Waals surface area contributed by atoms with Crippen LogP contribution >= 0.6 is 0 Å². The van der Waals surface area contributed by atoms with Crippen molar-refractivity contribution in [2.45, 2.75) is 0 Å². The number of rotatable bonds is 8. The van der Waals surface area contributed by atoms with Gasteiger partial charge in [-0.15, -0.1) is 0 Å². The second-order valence-electron chi connectivity index (χ2n) is 6.09. The van der Waals surface area contributed by atoms with Gasteiger partial charge in [-0.1, -0.05) is 6.07 Å². The molecule has 0 fully saturated rings. The number of carbonyl (C=O) groups is 1. The fourth-order valence-corrected chi connectivity index (χ4v) is 2.54. The van der Waals surface area contributed by atoms with Gasteiger partial charge in [0.15, 0.2) is 11.5 Å². The van der Waals surface area contributed by atoms with Gasteiger partial charge in [0, 0.05) is 12.3 Å². The number of non-ortho nitro benzene ring substituents is 1. The summed E-state index contributed by atoms with van der Waals surface area (Å²) in [5.41, 5.74) is 2.08. The Balaban J connectivity index is 1.78. The molecule has 0 spiro atoms. The molecule has 12 heteroatoms. The Morgan fingerprint density at radius 3 is 2.47 bits per heavy atom. The van der Waals surface area contributed by atoms with E-state index in [9.17, 15) is 25.0 Å². The number of amides is 1. The van der Waals surface area contributed by atoms with Gasteiger partial charge in [0.25, 0.3) is 11.6 Å². The summed E-state index contributed by atoms with van der Waals surface area (Å²) in [5.74, 6) is -0.320. The third-order valence-electron chi connectivity index (χ3n) is 4.03. The number of ether oxygens (including phenoxy) is 2. The molecule has 0 bridgehead atoms. The molecule has 0 saturated carbocycles. The van der Waals surface area contributed by atoms with Crippen LogP contribution in [0.4, 0.5) is 11.4 Å². The SMILES string of the molecule is COc1cc(/C=N\NC(=O)c2ccccn2)ccc1Oc1ccc([N+](=O)[O-])cc1[N+](=O)[O-]. The lowest BCUT2D eigenvalue weighted by Gasteiger charge is -2.11. The molecule has 162 valence electrons. The number of hydrogen-bond donors (Lipinski definition) is 1. The Labute approximate surface area is 180 Å². The molecule has 3 rings (SSSR count). The summed E-state index contributed by atoms with van der Waals surface area (Å²) >= 11 is 0. The first kappa shape index (κ1) is 21.8. The lowest BCUT2D eigenvalue weighted by molar-refractivity contribution is -0.394. The fourth-order valence-electron chi connectivity index (χ4n) is 2.54. The number of benzene rings is 2. The van der Waals surface area contributed by atoms with E-state index in [1.807, 2.05) is 0 Å². The van der Waals surface area contributed by atoms with Crippen LogP contribution in [0.5, 0.6) is 17.2 Å². The highest BCUT2D eigenvalue weighted by atomic mass is 16.6. The van der Waals surface area contributed by atoms with Crippen LogP contribution in [0.25, 0.3) is 0 Å². The van der Waals surface area contributed by atoms with Crippen LogP contribution in [0.1, 0.15) is 16.1 Å². The maximum absolute atomic E-state index is 11.9. The number of nitrogens with zero attached hydrogens (tertiary/aromatic N) is 4. The number of pyridine rings is 1. The van der Waals surface area contributed by atoms with Gasteiger partial charge in [-0.25, -0.2) is 5.43 Å². The number of nitro groups is 2. The van der Waals surface area contributed by atoms with E-state index in [-0.39, 0.29) is 22.9 Å². The molecule has 0 atom stereocenters. The number of hydrogen-bond acceptors (Lipinski definition) is 9. The maximum atomic E-state index is 11.9. The van der Waals surface area contributed by atoms with Crippen molar-refractivity contribution in [1.82, 2.24) is 10.4 Å². The number of aromatic nitrogens is 1. The van der Waals surface area contributed by atoms with Gasteiger partial charge in [-0.05, 0) is 42.0 Å². The molecule has 32 heavy (non-hydrogen) atoms. The minimum atomic E-state index is -0.778. The van der Waals surface area contributed by atoms with E-state index in [0.717, 1.165) is 18.2 Å². The first-order valence-corrected chi connectivity index (χ1v) is 8.92. The monoisotopic (exact) mass is 437 g/mol. The maximum Gasteiger partial charge on any atom is 0.318 e. The second kappa shape index (κ2) is 9.75. The first-order chi connectivity index (χ1) is 15.4. The molecule has 0 aliphatic rings. The zero-order chi connectivity index (χ0) is 23.1. The Bertz CT molecular complexity index is 1200. The molecular weight excluding hydrogens is 422 g/mol. The number of hydrazone groups is 1. The van der Waals surface area contributed by atoms with E-state index >= 15 is 0 Å². The number of nitrogens with one attached hydrogen (secondary N) is 1. The van der Waals surface area contributed by atoms with Crippen LogP contribution in [-0.2, 0) is 0 Å². The topological polar surface area (TPSA) is 159 Å². The molecule has 0 saturated heterocycles. The highest BCUT2D eigenvalue weighted by Crippen LogP contribution is 2.38. The third-order valence-corrected chi connectivity index (χ3v) is 4.03. The van der Waals surface area contributed by atoms with Crippen molar-refractivity contribution < 1.29 is 24.1 Å². The molecule has 0 unspecified atom stereocenters. The molecule has 3 aromatic rings. The molecule has 2 aromatic carbocycles. The Morgan fingerprint density at radius 1 is 1.03 bits per heavy atom. The van der Waals surface area contributed by atoms with E-state index < -0.39 is 27.1 Å². The third kappa shape index (κ3) is 5.18. The van der Waals surface area contributed by atoms with Crippen LogP contribution < -0.4 is 14.9 Å². The predicted octanol–water partition coefficient (Wildman–Crippen LogP) is 3.46. The molecule has 0 aliphatic carbocycles. The summed E-state index contributed by atoms with van der Waals surface area (Å²) in [6, 6.07) is 12.5. The summed E-state index contributed by atoms with van der Waals surface area (Å²) in [4.78, 5) is 36.5. The van der Waals surface area contributed by atoms with Crippen LogP contribution in [0, 0.1) is 20.2 Å². The molecule has 1 amide bonds. The van der Waals surface area contributed by atoms with Gasteiger partial charge >= 0.3 is 5.69 Å². The molecule has 0 radical (unpaired) electrons. The van der Waals surface area contributed by atoms with Crippen molar-refractivity contribution in [3.8, 4) is 17.2 Å². The average Bonchev–Trinajstić information content (AvgIpc) is 2.80. The smallest absolute Gasteiger partial charge is 0.318 e. The molecule has 1 heterocycles. The lowest BCUT2D eigenvalue weighted by Crippen LogP contribution is -2.18. The van der Waals surface area contributed by atoms with Crippen molar-refractivity contribution in [2.24, 2.45) is 5.10 Å². The predicted molar refractivity (Wildman–Crippen MR) is 112 cm³/mol. The Hall–Kier alpha value is -4.87. The summed E-state index contributed by atoms with van der Waals surface area (Å²) < 4.78 is 10.8. The van der Waals surface area contributed by atoms with Crippen LogP contribution in [0.15, 0.2) is 65.9 Å². The average molecular weight is 437 g/mol. The Kier molecular flexibility index (Phi) is 6.65. The molecule has 1 N–H and O–H groups in total. The fraction of sp³-hybridized carbons (Fsp3) is 0.0500. The normalized spacial score (nSPS) is 10.5. The van der Waals surface area contributed by atoms with E-state index in [1.165, 1.54) is 37.7 Å².